The molecule has 0 saturated heterocycles. The van der Waals surface area contributed by atoms with Gasteiger partial charge in [0.05, 0.1) is 18.0 Å². The van der Waals surface area contributed by atoms with Crippen molar-refractivity contribution in [2.75, 3.05) is 25.5 Å². The number of carbonyl (C=O) groups is 1. The smallest absolute Gasteiger partial charge is 0.253 e. The third-order valence-corrected chi connectivity index (χ3v) is 6.86. The molecule has 2 aliphatic rings. The van der Waals surface area contributed by atoms with Gasteiger partial charge in [0.2, 0.25) is 5.95 Å². The number of amides is 1. The van der Waals surface area contributed by atoms with Gasteiger partial charge in [-0.3, -0.25) is 9.79 Å². The number of halogens is 3. The van der Waals surface area contributed by atoms with Crippen LogP contribution in [0.15, 0.2) is 77.2 Å². The zero-order chi connectivity index (χ0) is 27.5. The summed E-state index contributed by atoms with van der Waals surface area (Å²) in [5, 5.41) is 3.59. The summed E-state index contributed by atoms with van der Waals surface area (Å²) in [6, 6.07) is 12.2. The van der Waals surface area contributed by atoms with E-state index < -0.39 is 12.0 Å². The molecule has 1 aromatic heterocycles. The van der Waals surface area contributed by atoms with Gasteiger partial charge >= 0.3 is 0 Å². The van der Waals surface area contributed by atoms with Crippen LogP contribution in [0.3, 0.4) is 0 Å². The second-order valence-corrected chi connectivity index (χ2v) is 9.80. The number of alkyl halides is 1. The first-order valence-corrected chi connectivity index (χ1v) is 13.0. The molecule has 0 bridgehead atoms. The Kier molecular flexibility index (Phi) is 7.81. The third-order valence-electron chi connectivity index (χ3n) is 6.63. The van der Waals surface area contributed by atoms with E-state index in [0.717, 1.165) is 6.42 Å². The van der Waals surface area contributed by atoms with Gasteiger partial charge in [-0.05, 0) is 55.4 Å². The highest BCUT2D eigenvalue weighted by Gasteiger charge is 2.30. The average Bonchev–Trinajstić information content (AvgIpc) is 3.08. The standard InChI is InChI=1S/C29H27ClF2N6O/c1-38(13-3-12-33)28(39)17-6-9-20(10-7-17)36-29-35-16-18-15-34-27(25-23(31)4-2-5-24(25)32)22-14-19(30)8-11-21(22)26(18)37-29/h2,4,6-11,14,16,24H,3,5,12-13,15,33H2,1H3,(H,35,36,37). The number of nitrogens with zero attached hydrogens (tertiary/aromatic N) is 4. The van der Waals surface area contributed by atoms with Crippen molar-refractivity contribution in [1.29, 1.82) is 0 Å². The molecular weight excluding hydrogens is 522 g/mol. The van der Waals surface area contributed by atoms with Gasteiger partial charge < -0.3 is 16.0 Å². The normalized spacial score (nSPS) is 16.2. The molecule has 3 N–H and O–H groups in total. The molecule has 1 unspecified atom stereocenters. The van der Waals surface area contributed by atoms with Crippen molar-refractivity contribution in [3.8, 4) is 11.3 Å². The highest BCUT2D eigenvalue weighted by atomic mass is 35.5. The van der Waals surface area contributed by atoms with Gasteiger partial charge in [-0.25, -0.2) is 18.7 Å². The topological polar surface area (TPSA) is 96.5 Å². The van der Waals surface area contributed by atoms with Crippen molar-refractivity contribution in [3.05, 3.63) is 93.9 Å². The zero-order valence-electron chi connectivity index (χ0n) is 21.3. The Balaban J connectivity index is 1.44. The van der Waals surface area contributed by atoms with Crippen LogP contribution in [-0.2, 0) is 6.54 Å². The van der Waals surface area contributed by atoms with E-state index in [1.807, 2.05) is 0 Å². The Morgan fingerprint density at radius 1 is 1.21 bits per heavy atom. The van der Waals surface area contributed by atoms with Crippen LogP contribution in [0.2, 0.25) is 5.02 Å². The highest BCUT2D eigenvalue weighted by molar-refractivity contribution is 6.31. The Hall–Kier alpha value is -3.95. The molecule has 0 radical (unpaired) electrons. The maximum atomic E-state index is 14.9. The number of hydrogen-bond donors (Lipinski definition) is 2. The molecular formula is C29H27ClF2N6O. The predicted octanol–water partition coefficient (Wildman–Crippen LogP) is 5.79. The summed E-state index contributed by atoms with van der Waals surface area (Å²) in [4.78, 5) is 28.0. The molecule has 0 spiro atoms. The fraction of sp³-hybridized carbons (Fsp3) is 0.241. The number of hydrogen-bond acceptors (Lipinski definition) is 6. The number of anilines is 2. The lowest BCUT2D eigenvalue weighted by atomic mass is 9.90. The molecule has 1 amide bonds. The maximum Gasteiger partial charge on any atom is 0.253 e. The number of aromatic nitrogens is 2. The number of fused-ring (bicyclic) bond motifs is 3. The molecule has 39 heavy (non-hydrogen) atoms. The van der Waals surface area contributed by atoms with Gasteiger partial charge in [-0.15, -0.1) is 0 Å². The van der Waals surface area contributed by atoms with Crippen molar-refractivity contribution in [2.24, 2.45) is 10.7 Å². The van der Waals surface area contributed by atoms with E-state index in [1.54, 1.807) is 60.6 Å². The molecule has 200 valence electrons. The second-order valence-electron chi connectivity index (χ2n) is 9.36. The summed E-state index contributed by atoms with van der Waals surface area (Å²) < 4.78 is 29.7. The first kappa shape index (κ1) is 26.6. The average molecular weight is 549 g/mol. The van der Waals surface area contributed by atoms with Crippen molar-refractivity contribution in [3.63, 3.8) is 0 Å². The first-order valence-electron chi connectivity index (χ1n) is 12.6. The Morgan fingerprint density at radius 3 is 2.74 bits per heavy atom. The van der Waals surface area contributed by atoms with Gasteiger partial charge in [0.1, 0.15) is 12.0 Å². The van der Waals surface area contributed by atoms with Crippen LogP contribution in [0, 0.1) is 0 Å². The van der Waals surface area contributed by atoms with Gasteiger partial charge in [0.15, 0.2) is 0 Å². The minimum atomic E-state index is -1.51. The van der Waals surface area contributed by atoms with Crippen LogP contribution in [0.5, 0.6) is 0 Å². The maximum absolute atomic E-state index is 14.9. The van der Waals surface area contributed by atoms with Crippen LogP contribution < -0.4 is 11.1 Å². The van der Waals surface area contributed by atoms with Crippen molar-refractivity contribution in [2.45, 2.75) is 25.6 Å². The van der Waals surface area contributed by atoms with Crippen LogP contribution in [0.4, 0.5) is 20.4 Å². The largest absolute Gasteiger partial charge is 0.342 e. The monoisotopic (exact) mass is 548 g/mol. The lowest BCUT2D eigenvalue weighted by Crippen LogP contribution is -2.28. The zero-order valence-corrected chi connectivity index (χ0v) is 22.1. The lowest BCUT2D eigenvalue weighted by molar-refractivity contribution is 0.0794. The lowest BCUT2D eigenvalue weighted by Gasteiger charge is -2.19. The van der Waals surface area contributed by atoms with E-state index in [0.29, 0.717) is 57.7 Å². The van der Waals surface area contributed by atoms with E-state index >= 15 is 0 Å². The van der Waals surface area contributed by atoms with Gasteiger partial charge in [-0.1, -0.05) is 23.7 Å². The molecule has 2 aromatic carbocycles. The number of carbonyl (C=O) groups excluding carboxylic acids is 1. The molecule has 5 rings (SSSR count). The van der Waals surface area contributed by atoms with Crippen molar-refractivity contribution < 1.29 is 13.6 Å². The van der Waals surface area contributed by atoms with E-state index in [9.17, 15) is 13.6 Å². The summed E-state index contributed by atoms with van der Waals surface area (Å²) in [6.45, 7) is 1.26. The molecule has 0 saturated carbocycles. The van der Waals surface area contributed by atoms with Crippen LogP contribution in [0.25, 0.3) is 11.3 Å². The van der Waals surface area contributed by atoms with Crippen LogP contribution in [0.1, 0.15) is 34.3 Å². The van der Waals surface area contributed by atoms with Gasteiger partial charge in [-0.2, -0.15) is 0 Å². The van der Waals surface area contributed by atoms with Crippen molar-refractivity contribution in [1.82, 2.24) is 14.9 Å². The molecule has 3 aromatic rings. The van der Waals surface area contributed by atoms with Crippen LogP contribution in [-0.4, -0.2) is 52.8 Å². The van der Waals surface area contributed by atoms with Gasteiger partial charge in [0, 0.05) is 64.7 Å². The van der Waals surface area contributed by atoms with E-state index in [-0.39, 0.29) is 30.2 Å². The Bertz CT molecular complexity index is 1500. The summed E-state index contributed by atoms with van der Waals surface area (Å²) in [7, 11) is 1.75. The van der Waals surface area contributed by atoms with Gasteiger partial charge in [0.25, 0.3) is 5.91 Å². The van der Waals surface area contributed by atoms with Crippen molar-refractivity contribution >= 4 is 34.9 Å². The molecule has 7 nitrogen and oxygen atoms in total. The highest BCUT2D eigenvalue weighted by Crippen LogP contribution is 2.37. The summed E-state index contributed by atoms with van der Waals surface area (Å²) >= 11 is 6.30. The number of benzene rings is 2. The minimum Gasteiger partial charge on any atom is -0.342 e. The number of allylic oxidation sites excluding steroid dienone is 4. The molecule has 1 aliphatic carbocycles. The Labute approximate surface area is 230 Å². The third kappa shape index (κ3) is 5.60. The van der Waals surface area contributed by atoms with E-state index in [2.05, 4.69) is 15.3 Å². The number of aliphatic imine (C=N–C) groups is 1. The molecule has 1 atom stereocenters. The molecule has 0 fully saturated rings. The van der Waals surface area contributed by atoms with E-state index in [4.69, 9.17) is 22.3 Å². The van der Waals surface area contributed by atoms with Crippen LogP contribution >= 0.6 is 11.6 Å². The number of nitrogens with two attached hydrogens (primary N) is 1. The quantitative estimate of drug-likeness (QED) is 0.390. The Morgan fingerprint density at radius 2 is 2.00 bits per heavy atom. The second kappa shape index (κ2) is 11.4. The first-order chi connectivity index (χ1) is 18.9. The SMILES string of the molecule is CN(CCCN)C(=O)c1ccc(Nc2ncc3c(n2)-c2ccc(Cl)cc2C(C2=C(F)C=CCC2F)=NC3)cc1. The fourth-order valence-electron chi connectivity index (χ4n) is 4.60. The predicted molar refractivity (Wildman–Crippen MR) is 150 cm³/mol. The molecule has 2 heterocycles. The van der Waals surface area contributed by atoms with E-state index in [1.165, 1.54) is 12.2 Å². The summed E-state index contributed by atoms with van der Waals surface area (Å²) in [5.74, 6) is -0.408. The minimum absolute atomic E-state index is 0.0763. The number of nitrogens with one attached hydrogen (secondary N) is 1. The number of rotatable bonds is 7. The summed E-state index contributed by atoms with van der Waals surface area (Å²) in [6.07, 6.45) is 3.69. The summed E-state index contributed by atoms with van der Waals surface area (Å²) in [5.41, 5.74) is 9.41. The fourth-order valence-corrected chi connectivity index (χ4v) is 4.77. The molecule has 1 aliphatic heterocycles. The molecule has 10 heteroatoms.